The topological polar surface area (TPSA) is 44.7 Å². The first-order valence-electron chi connectivity index (χ1n) is 8.26. The van der Waals surface area contributed by atoms with Crippen LogP contribution in [-0.4, -0.2) is 23.5 Å². The Kier molecular flexibility index (Phi) is 6.12. The van der Waals surface area contributed by atoms with Gasteiger partial charge in [-0.25, -0.2) is 9.69 Å². The zero-order valence-corrected chi connectivity index (χ0v) is 16.9. The number of rotatable bonds is 2. The Morgan fingerprint density at radius 3 is 2.65 bits per heavy atom. The number of nitrogens with one attached hydrogen (secondary N) is 1. The van der Waals surface area contributed by atoms with E-state index in [-0.39, 0.29) is 6.03 Å². The highest BCUT2D eigenvalue weighted by Crippen LogP contribution is 2.29. The molecule has 0 bridgehead atoms. The number of anilines is 2. The fraction of sp³-hybridized carbons (Fsp3) is 0.263. The van der Waals surface area contributed by atoms with Crippen LogP contribution < -0.4 is 10.2 Å². The van der Waals surface area contributed by atoms with Gasteiger partial charge in [-0.2, -0.15) is 0 Å². The summed E-state index contributed by atoms with van der Waals surface area (Å²) in [5, 5.41) is 4.46. The van der Waals surface area contributed by atoms with Gasteiger partial charge in [-0.1, -0.05) is 47.1 Å². The van der Waals surface area contributed by atoms with Gasteiger partial charge in [0.05, 0.1) is 15.7 Å². The Morgan fingerprint density at radius 2 is 1.96 bits per heavy atom. The van der Waals surface area contributed by atoms with Gasteiger partial charge in [0.1, 0.15) is 0 Å². The monoisotopic (exact) mass is 407 g/mol. The molecule has 0 saturated carbocycles. The van der Waals surface area contributed by atoms with Crippen LogP contribution in [0, 0.1) is 13.8 Å². The first-order chi connectivity index (χ1) is 12.5. The maximum atomic E-state index is 13.1. The number of hydrogen-bond acceptors (Lipinski definition) is 3. The quantitative estimate of drug-likeness (QED) is 0.649. The Morgan fingerprint density at radius 1 is 1.15 bits per heavy atom. The van der Waals surface area contributed by atoms with Crippen LogP contribution in [0.1, 0.15) is 17.5 Å². The second-order valence-electron chi connectivity index (χ2n) is 6.05. The smallest absolute Gasteiger partial charge is 0.307 e. The van der Waals surface area contributed by atoms with Crippen molar-refractivity contribution in [1.29, 1.82) is 0 Å². The molecule has 0 atom stereocenters. The number of aryl methyl sites for hydroxylation is 2. The Labute approximate surface area is 167 Å². The van der Waals surface area contributed by atoms with E-state index in [1.165, 1.54) is 0 Å². The molecule has 7 heteroatoms. The third kappa shape index (κ3) is 4.34. The number of nitrogens with zero attached hydrogens (tertiary/aromatic N) is 2. The molecule has 3 rings (SSSR count). The SMILES string of the molecule is Cc1ccc(C)c(N(C(=O)Nc2ccc(Cl)c(Cl)c2)C2=NCCCS2)c1. The molecule has 1 N–H and O–H groups in total. The Balaban J connectivity index is 1.96. The van der Waals surface area contributed by atoms with Gasteiger partial charge in [-0.3, -0.25) is 4.99 Å². The van der Waals surface area contributed by atoms with Crippen molar-refractivity contribution in [1.82, 2.24) is 0 Å². The third-order valence-corrected chi connectivity index (χ3v) is 5.75. The zero-order valence-electron chi connectivity index (χ0n) is 14.6. The molecule has 0 spiro atoms. The summed E-state index contributed by atoms with van der Waals surface area (Å²) in [6, 6.07) is 10.8. The maximum Gasteiger partial charge on any atom is 0.332 e. The van der Waals surface area contributed by atoms with Crippen molar-refractivity contribution < 1.29 is 4.79 Å². The van der Waals surface area contributed by atoms with E-state index >= 15 is 0 Å². The molecular formula is C19H19Cl2N3OS. The molecule has 0 aromatic heterocycles. The molecule has 1 heterocycles. The van der Waals surface area contributed by atoms with Crippen molar-refractivity contribution in [3.63, 3.8) is 0 Å². The summed E-state index contributed by atoms with van der Waals surface area (Å²) in [5.74, 6) is 0.945. The highest BCUT2D eigenvalue weighted by atomic mass is 35.5. The highest BCUT2D eigenvalue weighted by molar-refractivity contribution is 8.14. The summed E-state index contributed by atoms with van der Waals surface area (Å²) < 4.78 is 0. The fourth-order valence-electron chi connectivity index (χ4n) is 2.60. The van der Waals surface area contributed by atoms with E-state index in [0.29, 0.717) is 20.9 Å². The molecule has 1 aliphatic heterocycles. The van der Waals surface area contributed by atoms with Gasteiger partial charge in [0.2, 0.25) is 0 Å². The molecular weight excluding hydrogens is 389 g/mol. The second kappa shape index (κ2) is 8.33. The second-order valence-corrected chi connectivity index (χ2v) is 7.93. The minimum absolute atomic E-state index is 0.273. The Bertz CT molecular complexity index is 870. The molecule has 2 amide bonds. The highest BCUT2D eigenvalue weighted by Gasteiger charge is 2.25. The first kappa shape index (κ1) is 19.1. The van der Waals surface area contributed by atoms with Gasteiger partial charge in [0, 0.05) is 18.0 Å². The standard InChI is InChI=1S/C19H19Cl2N3OS/c1-12-4-5-13(2)17(10-12)24(19-22-8-3-9-26-19)18(25)23-14-6-7-15(20)16(21)11-14/h4-7,10-11H,3,8-9H2,1-2H3,(H,23,25). The van der Waals surface area contributed by atoms with Crippen LogP contribution in [0.15, 0.2) is 41.4 Å². The summed E-state index contributed by atoms with van der Waals surface area (Å²) in [6.45, 7) is 4.72. The molecule has 1 aliphatic rings. The van der Waals surface area contributed by atoms with Crippen LogP contribution in [0.3, 0.4) is 0 Å². The number of halogens is 2. The molecule has 4 nitrogen and oxygen atoms in total. The third-order valence-electron chi connectivity index (χ3n) is 3.95. The predicted molar refractivity (Wildman–Crippen MR) is 113 cm³/mol. The summed E-state index contributed by atoms with van der Waals surface area (Å²) in [7, 11) is 0. The van der Waals surface area contributed by atoms with Crippen molar-refractivity contribution in [2.75, 3.05) is 22.5 Å². The van der Waals surface area contributed by atoms with Crippen LogP contribution in [0.4, 0.5) is 16.2 Å². The minimum atomic E-state index is -0.273. The number of aliphatic imine (C=N–C) groups is 1. The summed E-state index contributed by atoms with van der Waals surface area (Å²) in [6.07, 6.45) is 1.02. The lowest BCUT2D eigenvalue weighted by Gasteiger charge is -2.27. The minimum Gasteiger partial charge on any atom is -0.307 e. The van der Waals surface area contributed by atoms with Crippen LogP contribution in [-0.2, 0) is 0 Å². The van der Waals surface area contributed by atoms with E-state index in [0.717, 1.165) is 35.5 Å². The van der Waals surface area contributed by atoms with Gasteiger partial charge in [0.25, 0.3) is 0 Å². The number of amidine groups is 1. The van der Waals surface area contributed by atoms with E-state index in [4.69, 9.17) is 23.2 Å². The van der Waals surface area contributed by atoms with Crippen molar-refractivity contribution in [3.05, 3.63) is 57.6 Å². The number of carbonyl (C=O) groups is 1. The van der Waals surface area contributed by atoms with Gasteiger partial charge < -0.3 is 5.32 Å². The van der Waals surface area contributed by atoms with Gasteiger partial charge in [0.15, 0.2) is 5.17 Å². The van der Waals surface area contributed by atoms with Crippen LogP contribution in [0.2, 0.25) is 10.0 Å². The molecule has 0 fully saturated rings. The first-order valence-corrected chi connectivity index (χ1v) is 10.0. The van der Waals surface area contributed by atoms with Gasteiger partial charge in [-0.15, -0.1) is 0 Å². The van der Waals surface area contributed by atoms with E-state index in [1.54, 1.807) is 34.9 Å². The number of benzene rings is 2. The molecule has 0 saturated heterocycles. The van der Waals surface area contributed by atoms with E-state index in [9.17, 15) is 4.79 Å². The van der Waals surface area contributed by atoms with Crippen molar-refractivity contribution >= 4 is 57.5 Å². The molecule has 136 valence electrons. The zero-order chi connectivity index (χ0) is 18.7. The number of carbonyl (C=O) groups excluding carboxylic acids is 1. The lowest BCUT2D eigenvalue weighted by atomic mass is 10.1. The molecule has 0 radical (unpaired) electrons. The normalized spacial score (nSPS) is 13.9. The van der Waals surface area contributed by atoms with Gasteiger partial charge in [-0.05, 0) is 55.7 Å². The van der Waals surface area contributed by atoms with Crippen molar-refractivity contribution in [2.24, 2.45) is 4.99 Å². The summed E-state index contributed by atoms with van der Waals surface area (Å²) >= 11 is 13.6. The lowest BCUT2D eigenvalue weighted by Crippen LogP contribution is -2.40. The average molecular weight is 408 g/mol. The van der Waals surface area contributed by atoms with Crippen LogP contribution in [0.5, 0.6) is 0 Å². The van der Waals surface area contributed by atoms with Crippen LogP contribution >= 0.6 is 35.0 Å². The number of amides is 2. The number of thioether (sulfide) groups is 1. The number of hydrogen-bond donors (Lipinski definition) is 1. The van der Waals surface area contributed by atoms with Crippen molar-refractivity contribution in [3.8, 4) is 0 Å². The molecule has 0 aliphatic carbocycles. The predicted octanol–water partition coefficient (Wildman–Crippen LogP) is 6.14. The summed E-state index contributed by atoms with van der Waals surface area (Å²) in [5.41, 5.74) is 3.50. The summed E-state index contributed by atoms with van der Waals surface area (Å²) in [4.78, 5) is 19.3. The molecule has 2 aromatic rings. The molecule has 26 heavy (non-hydrogen) atoms. The van der Waals surface area contributed by atoms with Crippen LogP contribution in [0.25, 0.3) is 0 Å². The molecule has 0 unspecified atom stereocenters. The lowest BCUT2D eigenvalue weighted by molar-refractivity contribution is 0.259. The van der Waals surface area contributed by atoms with E-state index in [2.05, 4.69) is 10.3 Å². The largest absolute Gasteiger partial charge is 0.332 e. The van der Waals surface area contributed by atoms with E-state index < -0.39 is 0 Å². The van der Waals surface area contributed by atoms with Gasteiger partial charge >= 0.3 is 6.03 Å². The average Bonchev–Trinajstić information content (AvgIpc) is 2.62. The Hall–Kier alpha value is -1.69. The maximum absolute atomic E-state index is 13.1. The van der Waals surface area contributed by atoms with Crippen molar-refractivity contribution in [2.45, 2.75) is 20.3 Å². The fourth-order valence-corrected chi connectivity index (χ4v) is 3.84. The molecule has 2 aromatic carbocycles. The van der Waals surface area contributed by atoms with E-state index in [1.807, 2.05) is 32.0 Å². The number of urea groups is 1.